The molecule has 0 spiro atoms. The molecule has 0 radical (unpaired) electrons. The Morgan fingerprint density at radius 1 is 0.833 bits per heavy atom. The van der Waals surface area contributed by atoms with E-state index < -0.39 is 0 Å². The maximum atomic E-state index is 6.11. The Hall–Kier alpha value is 0.320. The van der Waals surface area contributed by atoms with Crippen LogP contribution < -0.4 is 0 Å². The molecule has 2 heteroatoms. The van der Waals surface area contributed by atoms with E-state index in [-0.39, 0.29) is 10.8 Å². The number of hydrogen-bond acceptors (Lipinski definition) is 0. The Balaban J connectivity index is 2.36. The molecule has 0 aromatic carbocycles. The summed E-state index contributed by atoms with van der Waals surface area (Å²) in [7, 11) is 0. The van der Waals surface area contributed by atoms with Gasteiger partial charge in [0.2, 0.25) is 0 Å². The number of allylic oxidation sites excluding steroid dienone is 2. The molecule has 0 nitrogen and oxygen atoms in total. The van der Waals surface area contributed by atoms with Crippen LogP contribution in [-0.4, -0.2) is 10.8 Å². The molecule has 2 unspecified atom stereocenters. The predicted molar refractivity (Wildman–Crippen MR) is 56.1 cm³/mol. The lowest BCUT2D eigenvalue weighted by atomic mass is 10.0. The predicted octanol–water partition coefficient (Wildman–Crippen LogP) is 4.11. The third-order valence-electron chi connectivity index (χ3n) is 2.26. The first-order valence-electron chi connectivity index (χ1n) is 4.74. The highest BCUT2D eigenvalue weighted by molar-refractivity contribution is 6.29. The highest BCUT2D eigenvalue weighted by atomic mass is 35.5. The number of halogens is 2. The summed E-state index contributed by atoms with van der Waals surface area (Å²) >= 11 is 12.2. The van der Waals surface area contributed by atoms with Crippen molar-refractivity contribution in [1.29, 1.82) is 0 Å². The van der Waals surface area contributed by atoms with Crippen LogP contribution in [0.4, 0.5) is 0 Å². The van der Waals surface area contributed by atoms with Crippen LogP contribution in [0.5, 0.6) is 0 Å². The van der Waals surface area contributed by atoms with Crippen molar-refractivity contribution >= 4 is 23.2 Å². The summed E-state index contributed by atoms with van der Waals surface area (Å²) in [5.41, 5.74) is 0. The molecule has 0 heterocycles. The van der Waals surface area contributed by atoms with Gasteiger partial charge < -0.3 is 0 Å². The quantitative estimate of drug-likeness (QED) is 0.414. The van der Waals surface area contributed by atoms with Crippen LogP contribution in [0, 0.1) is 0 Å². The fourth-order valence-corrected chi connectivity index (χ4v) is 2.02. The van der Waals surface area contributed by atoms with Gasteiger partial charge in [-0.25, -0.2) is 0 Å². The van der Waals surface area contributed by atoms with E-state index >= 15 is 0 Å². The van der Waals surface area contributed by atoms with Gasteiger partial charge in [-0.1, -0.05) is 12.2 Å². The van der Waals surface area contributed by atoms with Gasteiger partial charge in [-0.3, -0.25) is 0 Å². The van der Waals surface area contributed by atoms with E-state index in [4.69, 9.17) is 23.2 Å². The van der Waals surface area contributed by atoms with Crippen LogP contribution in [-0.2, 0) is 0 Å². The summed E-state index contributed by atoms with van der Waals surface area (Å²) in [4.78, 5) is 0. The standard InChI is InChI=1S/C10H16Cl2/c11-9-7-5-3-1-2-4-6-8-10(9)12/h1-2,9-10H,3-8H2. The van der Waals surface area contributed by atoms with Gasteiger partial charge in [0.1, 0.15) is 0 Å². The smallest absolute Gasteiger partial charge is 0.0499 e. The van der Waals surface area contributed by atoms with Gasteiger partial charge in [0.05, 0.1) is 0 Å². The van der Waals surface area contributed by atoms with Crippen LogP contribution in [0.1, 0.15) is 38.5 Å². The maximum absolute atomic E-state index is 6.11. The molecule has 1 aliphatic carbocycles. The summed E-state index contributed by atoms with van der Waals surface area (Å²) in [5, 5.41) is 0.358. The van der Waals surface area contributed by atoms with Crippen molar-refractivity contribution in [2.24, 2.45) is 0 Å². The molecule has 0 amide bonds. The molecular weight excluding hydrogens is 191 g/mol. The van der Waals surface area contributed by atoms with E-state index in [0.29, 0.717) is 0 Å². The Morgan fingerprint density at radius 2 is 1.25 bits per heavy atom. The molecule has 0 aromatic rings. The molecule has 2 atom stereocenters. The summed E-state index contributed by atoms with van der Waals surface area (Å²) in [6, 6.07) is 0. The molecule has 0 saturated heterocycles. The maximum Gasteiger partial charge on any atom is 0.0499 e. The second kappa shape index (κ2) is 5.88. The van der Waals surface area contributed by atoms with Crippen LogP contribution in [0.3, 0.4) is 0 Å². The average molecular weight is 207 g/mol. The Bertz CT molecular complexity index is 127. The fraction of sp³-hybridized carbons (Fsp3) is 0.800. The molecule has 1 aliphatic rings. The van der Waals surface area contributed by atoms with Gasteiger partial charge in [-0.15, -0.1) is 23.2 Å². The molecule has 0 N–H and O–H groups in total. The van der Waals surface area contributed by atoms with Crippen LogP contribution >= 0.6 is 23.2 Å². The van der Waals surface area contributed by atoms with Crippen molar-refractivity contribution in [2.45, 2.75) is 49.3 Å². The second-order valence-corrected chi connectivity index (χ2v) is 4.49. The van der Waals surface area contributed by atoms with E-state index in [1.165, 1.54) is 12.8 Å². The van der Waals surface area contributed by atoms with Crippen LogP contribution in [0.25, 0.3) is 0 Å². The van der Waals surface area contributed by atoms with Crippen molar-refractivity contribution in [1.82, 2.24) is 0 Å². The van der Waals surface area contributed by atoms with Gasteiger partial charge in [-0.05, 0) is 38.5 Å². The number of alkyl halides is 2. The number of hydrogen-bond donors (Lipinski definition) is 0. The van der Waals surface area contributed by atoms with E-state index in [9.17, 15) is 0 Å². The molecule has 12 heavy (non-hydrogen) atoms. The minimum atomic E-state index is 0.179. The van der Waals surface area contributed by atoms with E-state index in [1.54, 1.807) is 0 Å². The molecule has 0 bridgehead atoms. The molecule has 0 fully saturated rings. The zero-order valence-corrected chi connectivity index (χ0v) is 8.82. The van der Waals surface area contributed by atoms with E-state index in [1.807, 2.05) is 0 Å². The highest BCUT2D eigenvalue weighted by Gasteiger charge is 2.15. The van der Waals surface area contributed by atoms with E-state index in [2.05, 4.69) is 12.2 Å². The van der Waals surface area contributed by atoms with Gasteiger partial charge in [0.15, 0.2) is 0 Å². The Kier molecular flexibility index (Phi) is 5.10. The zero-order valence-electron chi connectivity index (χ0n) is 7.31. The molecule has 0 aromatic heterocycles. The normalized spacial score (nSPS) is 33.2. The minimum Gasteiger partial charge on any atom is -0.121 e. The lowest BCUT2D eigenvalue weighted by Crippen LogP contribution is -2.15. The molecule has 0 saturated carbocycles. The SMILES string of the molecule is ClC1CCCC=CCCCC1Cl. The summed E-state index contributed by atoms with van der Waals surface area (Å²) in [6.45, 7) is 0. The van der Waals surface area contributed by atoms with Crippen molar-refractivity contribution in [2.75, 3.05) is 0 Å². The third kappa shape index (κ3) is 3.82. The summed E-state index contributed by atoms with van der Waals surface area (Å²) in [5.74, 6) is 0. The van der Waals surface area contributed by atoms with Crippen molar-refractivity contribution < 1.29 is 0 Å². The molecule has 0 aliphatic heterocycles. The van der Waals surface area contributed by atoms with Gasteiger partial charge >= 0.3 is 0 Å². The first-order chi connectivity index (χ1) is 5.80. The third-order valence-corrected chi connectivity index (χ3v) is 3.43. The van der Waals surface area contributed by atoms with Gasteiger partial charge in [-0.2, -0.15) is 0 Å². The molecule has 70 valence electrons. The van der Waals surface area contributed by atoms with Crippen molar-refractivity contribution in [3.05, 3.63) is 12.2 Å². The topological polar surface area (TPSA) is 0 Å². The molecular formula is C10H16Cl2. The van der Waals surface area contributed by atoms with Crippen molar-refractivity contribution in [3.63, 3.8) is 0 Å². The second-order valence-electron chi connectivity index (χ2n) is 3.37. The average Bonchev–Trinajstić information content (AvgIpc) is 2.08. The Labute approximate surface area is 84.9 Å². The Morgan fingerprint density at radius 3 is 1.67 bits per heavy atom. The summed E-state index contributed by atoms with van der Waals surface area (Å²) < 4.78 is 0. The minimum absolute atomic E-state index is 0.179. The van der Waals surface area contributed by atoms with Crippen LogP contribution in [0.15, 0.2) is 12.2 Å². The monoisotopic (exact) mass is 206 g/mol. The number of rotatable bonds is 0. The molecule has 1 rings (SSSR count). The zero-order chi connectivity index (χ0) is 8.81. The fourth-order valence-electron chi connectivity index (χ4n) is 1.46. The lowest BCUT2D eigenvalue weighted by Gasteiger charge is -2.15. The lowest BCUT2D eigenvalue weighted by molar-refractivity contribution is 0.606. The summed E-state index contributed by atoms with van der Waals surface area (Å²) in [6.07, 6.45) is 11.3. The first-order valence-corrected chi connectivity index (χ1v) is 5.61. The largest absolute Gasteiger partial charge is 0.121 e. The van der Waals surface area contributed by atoms with Crippen molar-refractivity contribution in [3.8, 4) is 0 Å². The van der Waals surface area contributed by atoms with Crippen LogP contribution in [0.2, 0.25) is 0 Å². The first kappa shape index (κ1) is 10.4. The van der Waals surface area contributed by atoms with Gasteiger partial charge in [0, 0.05) is 10.8 Å². The van der Waals surface area contributed by atoms with Gasteiger partial charge in [0.25, 0.3) is 0 Å². The van der Waals surface area contributed by atoms with E-state index in [0.717, 1.165) is 25.7 Å². The highest BCUT2D eigenvalue weighted by Crippen LogP contribution is 2.22.